The molecule has 0 aliphatic heterocycles. The van der Waals surface area contributed by atoms with E-state index < -0.39 is 5.60 Å². The second-order valence-corrected chi connectivity index (χ2v) is 5.73. The number of ether oxygens (including phenoxy) is 1. The topological polar surface area (TPSA) is 58.6 Å². The van der Waals surface area contributed by atoms with Crippen LogP contribution in [0.1, 0.15) is 47.5 Å². The number of carbonyl (C=O) groups is 2. The van der Waals surface area contributed by atoms with Gasteiger partial charge in [0.1, 0.15) is 5.60 Å². The molecular weight excluding hydrogens is 232 g/mol. The molecule has 5 heteroatoms. The zero-order valence-electron chi connectivity index (χ0n) is 12.4. The summed E-state index contributed by atoms with van der Waals surface area (Å²) in [6.45, 7) is 9.84. The Morgan fingerprint density at radius 3 is 2.28 bits per heavy atom. The molecule has 0 aromatic carbocycles. The van der Waals surface area contributed by atoms with Crippen LogP contribution in [0.2, 0.25) is 0 Å². The Morgan fingerprint density at radius 2 is 1.83 bits per heavy atom. The van der Waals surface area contributed by atoms with Gasteiger partial charge in [0.2, 0.25) is 5.91 Å². The van der Waals surface area contributed by atoms with Crippen LogP contribution in [-0.2, 0) is 9.53 Å². The molecule has 0 atom stereocenters. The van der Waals surface area contributed by atoms with Gasteiger partial charge in [-0.05, 0) is 41.0 Å². The van der Waals surface area contributed by atoms with Crippen LogP contribution in [-0.4, -0.2) is 42.1 Å². The van der Waals surface area contributed by atoms with E-state index in [0.717, 1.165) is 0 Å². The maximum absolute atomic E-state index is 11.6. The van der Waals surface area contributed by atoms with Gasteiger partial charge in [0, 0.05) is 26.1 Å². The van der Waals surface area contributed by atoms with E-state index in [0.29, 0.717) is 19.4 Å². The number of hydrogen-bond donors (Lipinski definition) is 1. The van der Waals surface area contributed by atoms with Gasteiger partial charge in [-0.3, -0.25) is 4.79 Å². The van der Waals surface area contributed by atoms with Gasteiger partial charge in [0.25, 0.3) is 0 Å². The zero-order valence-corrected chi connectivity index (χ0v) is 12.4. The minimum absolute atomic E-state index is 0.0163. The van der Waals surface area contributed by atoms with Crippen LogP contribution in [0.4, 0.5) is 4.79 Å². The number of nitrogens with zero attached hydrogens (tertiary/aromatic N) is 1. The second-order valence-electron chi connectivity index (χ2n) is 5.73. The molecule has 1 N–H and O–H groups in total. The molecule has 0 spiro atoms. The van der Waals surface area contributed by atoms with Crippen molar-refractivity contribution in [1.29, 1.82) is 0 Å². The fraction of sp³-hybridized carbons (Fsp3) is 0.846. The van der Waals surface area contributed by atoms with E-state index in [1.165, 1.54) is 4.90 Å². The standard InChI is InChI=1S/C13H26N2O3/c1-10(2)14-11(16)8-7-9-15(6)12(17)18-13(3,4)5/h10H,7-9H2,1-6H3,(H,14,16). The predicted octanol–water partition coefficient (Wildman–Crippen LogP) is 2.16. The molecule has 18 heavy (non-hydrogen) atoms. The van der Waals surface area contributed by atoms with Crippen molar-refractivity contribution in [3.63, 3.8) is 0 Å². The van der Waals surface area contributed by atoms with Gasteiger partial charge in [0.05, 0.1) is 0 Å². The lowest BCUT2D eigenvalue weighted by Crippen LogP contribution is -2.35. The van der Waals surface area contributed by atoms with Gasteiger partial charge in [0.15, 0.2) is 0 Å². The summed E-state index contributed by atoms with van der Waals surface area (Å²) in [4.78, 5) is 24.5. The van der Waals surface area contributed by atoms with Crippen molar-refractivity contribution < 1.29 is 14.3 Å². The highest BCUT2D eigenvalue weighted by molar-refractivity contribution is 5.76. The van der Waals surface area contributed by atoms with E-state index in [2.05, 4.69) is 5.32 Å². The average Bonchev–Trinajstić information content (AvgIpc) is 2.13. The van der Waals surface area contributed by atoms with Crippen molar-refractivity contribution in [2.24, 2.45) is 0 Å². The van der Waals surface area contributed by atoms with Crippen molar-refractivity contribution in [2.45, 2.75) is 59.1 Å². The zero-order chi connectivity index (χ0) is 14.3. The normalized spacial score (nSPS) is 11.3. The highest BCUT2D eigenvalue weighted by atomic mass is 16.6. The van der Waals surface area contributed by atoms with E-state index in [9.17, 15) is 9.59 Å². The molecule has 0 aromatic heterocycles. The quantitative estimate of drug-likeness (QED) is 0.822. The summed E-state index contributed by atoms with van der Waals surface area (Å²) in [5.74, 6) is 0.0163. The van der Waals surface area contributed by atoms with E-state index in [1.807, 2.05) is 34.6 Å². The summed E-state index contributed by atoms with van der Waals surface area (Å²) in [5, 5.41) is 2.81. The minimum Gasteiger partial charge on any atom is -0.444 e. The molecule has 5 nitrogen and oxygen atoms in total. The highest BCUT2D eigenvalue weighted by Crippen LogP contribution is 2.09. The molecule has 0 saturated carbocycles. The summed E-state index contributed by atoms with van der Waals surface area (Å²) in [6.07, 6.45) is 0.700. The number of hydrogen-bond acceptors (Lipinski definition) is 3. The summed E-state index contributed by atoms with van der Waals surface area (Å²) in [7, 11) is 1.68. The molecule has 0 unspecified atom stereocenters. The molecule has 0 fully saturated rings. The summed E-state index contributed by atoms with van der Waals surface area (Å²) < 4.78 is 5.21. The summed E-state index contributed by atoms with van der Waals surface area (Å²) in [6, 6.07) is 0.154. The Bertz CT molecular complexity index is 282. The SMILES string of the molecule is CC(C)NC(=O)CCCN(C)C(=O)OC(C)(C)C. The first-order valence-corrected chi connectivity index (χ1v) is 6.35. The molecule has 0 aliphatic carbocycles. The first kappa shape index (κ1) is 16.7. The number of rotatable bonds is 5. The van der Waals surface area contributed by atoms with Crippen LogP contribution in [0, 0.1) is 0 Å². The van der Waals surface area contributed by atoms with Crippen LogP contribution in [0.5, 0.6) is 0 Å². The fourth-order valence-corrected chi connectivity index (χ4v) is 1.30. The Balaban J connectivity index is 3.86. The predicted molar refractivity (Wildman–Crippen MR) is 71.4 cm³/mol. The largest absolute Gasteiger partial charge is 0.444 e. The van der Waals surface area contributed by atoms with Gasteiger partial charge in [-0.15, -0.1) is 0 Å². The maximum atomic E-state index is 11.6. The van der Waals surface area contributed by atoms with Crippen LogP contribution in [0.25, 0.3) is 0 Å². The van der Waals surface area contributed by atoms with Crippen molar-refractivity contribution in [3.05, 3.63) is 0 Å². The van der Waals surface area contributed by atoms with Gasteiger partial charge in [-0.1, -0.05) is 0 Å². The molecule has 2 amide bonds. The lowest BCUT2D eigenvalue weighted by Gasteiger charge is -2.24. The number of amides is 2. The average molecular weight is 258 g/mol. The smallest absolute Gasteiger partial charge is 0.410 e. The molecular formula is C13H26N2O3. The van der Waals surface area contributed by atoms with Gasteiger partial charge in [-0.25, -0.2) is 4.79 Å². The molecule has 0 aromatic rings. The fourth-order valence-electron chi connectivity index (χ4n) is 1.30. The Kier molecular flexibility index (Phi) is 6.73. The highest BCUT2D eigenvalue weighted by Gasteiger charge is 2.19. The lowest BCUT2D eigenvalue weighted by molar-refractivity contribution is -0.121. The van der Waals surface area contributed by atoms with Gasteiger partial charge >= 0.3 is 6.09 Å². The van der Waals surface area contributed by atoms with Crippen LogP contribution >= 0.6 is 0 Å². The lowest BCUT2D eigenvalue weighted by atomic mass is 10.2. The van der Waals surface area contributed by atoms with E-state index >= 15 is 0 Å². The van der Waals surface area contributed by atoms with Crippen LogP contribution in [0.15, 0.2) is 0 Å². The van der Waals surface area contributed by atoms with Crippen LogP contribution < -0.4 is 5.32 Å². The van der Waals surface area contributed by atoms with Crippen LogP contribution in [0.3, 0.4) is 0 Å². The second kappa shape index (κ2) is 7.24. The van der Waals surface area contributed by atoms with E-state index in [-0.39, 0.29) is 18.0 Å². The molecule has 0 heterocycles. The Labute approximate surface area is 110 Å². The minimum atomic E-state index is -0.486. The van der Waals surface area contributed by atoms with Crippen molar-refractivity contribution >= 4 is 12.0 Å². The van der Waals surface area contributed by atoms with E-state index in [4.69, 9.17) is 4.74 Å². The monoisotopic (exact) mass is 258 g/mol. The molecule has 0 saturated heterocycles. The summed E-state index contributed by atoms with van der Waals surface area (Å²) >= 11 is 0. The molecule has 106 valence electrons. The summed E-state index contributed by atoms with van der Waals surface area (Å²) in [5.41, 5.74) is -0.486. The van der Waals surface area contributed by atoms with Crippen molar-refractivity contribution in [2.75, 3.05) is 13.6 Å². The van der Waals surface area contributed by atoms with Crippen molar-refractivity contribution in [1.82, 2.24) is 10.2 Å². The molecule has 0 aliphatic rings. The third-order valence-corrected chi connectivity index (χ3v) is 2.05. The van der Waals surface area contributed by atoms with Crippen molar-refractivity contribution in [3.8, 4) is 0 Å². The van der Waals surface area contributed by atoms with Gasteiger partial charge in [-0.2, -0.15) is 0 Å². The number of nitrogens with one attached hydrogen (secondary N) is 1. The first-order valence-electron chi connectivity index (χ1n) is 6.35. The Hall–Kier alpha value is -1.26. The Morgan fingerprint density at radius 1 is 1.28 bits per heavy atom. The first-order chi connectivity index (χ1) is 8.11. The number of carbonyl (C=O) groups excluding carboxylic acids is 2. The molecule has 0 bridgehead atoms. The third-order valence-electron chi connectivity index (χ3n) is 2.05. The molecule has 0 radical (unpaired) electrons. The van der Waals surface area contributed by atoms with Gasteiger partial charge < -0.3 is 15.0 Å². The molecule has 0 rings (SSSR count). The van der Waals surface area contributed by atoms with E-state index in [1.54, 1.807) is 7.05 Å². The maximum Gasteiger partial charge on any atom is 0.410 e. The third kappa shape index (κ3) is 8.84.